The Morgan fingerprint density at radius 3 is 2.62 bits per heavy atom. The molecule has 1 aliphatic heterocycles. The fourth-order valence-corrected chi connectivity index (χ4v) is 4.58. The molecule has 1 unspecified atom stereocenters. The maximum absolute atomic E-state index is 13.6. The number of hydrogen-bond donors (Lipinski definition) is 2. The second-order valence-electron chi connectivity index (χ2n) is 9.09. The summed E-state index contributed by atoms with van der Waals surface area (Å²) >= 11 is 0. The minimum atomic E-state index is -0.486. The lowest BCUT2D eigenvalue weighted by molar-refractivity contribution is 0.0391. The lowest BCUT2D eigenvalue weighted by atomic mass is 10.00. The third kappa shape index (κ3) is 6.93. The van der Waals surface area contributed by atoms with E-state index in [9.17, 15) is 14.7 Å². The van der Waals surface area contributed by atoms with Crippen LogP contribution < -0.4 is 5.32 Å². The number of unbranched alkanes of at least 4 members (excludes halogenated alkanes) is 2. The van der Waals surface area contributed by atoms with Crippen molar-refractivity contribution >= 4 is 22.8 Å². The van der Waals surface area contributed by atoms with Crippen LogP contribution in [-0.4, -0.2) is 78.4 Å². The summed E-state index contributed by atoms with van der Waals surface area (Å²) in [5.41, 5.74) is 0.748. The van der Waals surface area contributed by atoms with E-state index >= 15 is 0 Å². The quantitative estimate of drug-likeness (QED) is 0.486. The highest BCUT2D eigenvalue weighted by Crippen LogP contribution is 2.24. The molecule has 0 spiro atoms. The van der Waals surface area contributed by atoms with Crippen molar-refractivity contribution < 1.29 is 19.4 Å². The van der Waals surface area contributed by atoms with E-state index < -0.39 is 12.1 Å². The van der Waals surface area contributed by atoms with E-state index in [1.54, 1.807) is 0 Å². The second-order valence-corrected chi connectivity index (χ2v) is 9.09. The molecule has 34 heavy (non-hydrogen) atoms. The molecule has 1 fully saturated rings. The fraction of sp³-hybridized carbons (Fsp3) is 0.556. The highest BCUT2D eigenvalue weighted by Gasteiger charge is 2.32. The number of alkyl carbamates (subject to hydrolysis) is 1. The smallest absolute Gasteiger partial charge is 0.407 e. The van der Waals surface area contributed by atoms with Gasteiger partial charge in [-0.2, -0.15) is 0 Å². The summed E-state index contributed by atoms with van der Waals surface area (Å²) in [5.74, 6) is 0.0777. The van der Waals surface area contributed by atoms with E-state index in [4.69, 9.17) is 4.74 Å². The number of carbonyl (C=O) groups is 2. The van der Waals surface area contributed by atoms with E-state index in [0.29, 0.717) is 26.2 Å². The molecule has 2 aromatic rings. The average molecular weight is 470 g/mol. The number of amides is 2. The number of nitrogens with one attached hydrogen (secondary N) is 1. The molecule has 2 aromatic carbocycles. The number of nitrogens with zero attached hydrogens (tertiary/aromatic N) is 2. The molecule has 0 bridgehead atoms. The summed E-state index contributed by atoms with van der Waals surface area (Å²) in [4.78, 5) is 29.9. The molecule has 2 N–H and O–H groups in total. The molecule has 0 saturated carbocycles. The summed E-state index contributed by atoms with van der Waals surface area (Å²) in [5, 5.41) is 14.6. The number of hydrogen-bond acceptors (Lipinski definition) is 5. The first-order chi connectivity index (χ1) is 16.6. The zero-order chi connectivity index (χ0) is 24.3. The van der Waals surface area contributed by atoms with E-state index in [-0.39, 0.29) is 18.6 Å². The Morgan fingerprint density at radius 2 is 1.85 bits per heavy atom. The Balaban J connectivity index is 1.66. The van der Waals surface area contributed by atoms with Crippen molar-refractivity contribution in [2.24, 2.45) is 0 Å². The number of aliphatic hydroxyl groups is 1. The molecule has 1 heterocycles. The molecule has 0 aromatic heterocycles. The van der Waals surface area contributed by atoms with Crippen molar-refractivity contribution in [3.05, 3.63) is 48.0 Å². The van der Waals surface area contributed by atoms with Gasteiger partial charge >= 0.3 is 6.09 Å². The van der Waals surface area contributed by atoms with Crippen LogP contribution in [0.5, 0.6) is 0 Å². The van der Waals surface area contributed by atoms with Gasteiger partial charge in [0.1, 0.15) is 0 Å². The fourth-order valence-electron chi connectivity index (χ4n) is 4.58. The van der Waals surface area contributed by atoms with E-state index in [1.807, 2.05) is 54.3 Å². The molecule has 7 heteroatoms. The lowest BCUT2D eigenvalue weighted by Crippen LogP contribution is -2.58. The number of carbonyl (C=O) groups excluding carboxylic acids is 2. The maximum Gasteiger partial charge on any atom is 0.407 e. The summed E-state index contributed by atoms with van der Waals surface area (Å²) in [6.45, 7) is 6.99. The van der Waals surface area contributed by atoms with Crippen molar-refractivity contribution in [1.82, 2.24) is 15.1 Å². The van der Waals surface area contributed by atoms with Crippen LogP contribution in [0.15, 0.2) is 42.5 Å². The summed E-state index contributed by atoms with van der Waals surface area (Å²) in [7, 11) is 0. The van der Waals surface area contributed by atoms with Crippen LogP contribution >= 0.6 is 0 Å². The van der Waals surface area contributed by atoms with Gasteiger partial charge in [0, 0.05) is 37.8 Å². The first-order valence-electron chi connectivity index (χ1n) is 12.6. The van der Waals surface area contributed by atoms with Gasteiger partial charge in [0.05, 0.1) is 19.3 Å². The summed E-state index contributed by atoms with van der Waals surface area (Å²) in [6, 6.07) is 13.6. The van der Waals surface area contributed by atoms with E-state index in [0.717, 1.165) is 55.0 Å². The van der Waals surface area contributed by atoms with Crippen LogP contribution in [0.4, 0.5) is 4.79 Å². The number of aliphatic hydroxyl groups excluding tert-OH is 1. The molecule has 2 amide bonds. The first-order valence-corrected chi connectivity index (χ1v) is 12.6. The van der Waals surface area contributed by atoms with Crippen molar-refractivity contribution in [1.29, 1.82) is 0 Å². The molecule has 0 radical (unpaired) electrons. The zero-order valence-electron chi connectivity index (χ0n) is 20.5. The van der Waals surface area contributed by atoms with Gasteiger partial charge in [0.2, 0.25) is 0 Å². The minimum absolute atomic E-state index is 0.0777. The molecule has 7 nitrogen and oxygen atoms in total. The van der Waals surface area contributed by atoms with Crippen LogP contribution in [-0.2, 0) is 4.74 Å². The summed E-state index contributed by atoms with van der Waals surface area (Å²) in [6.07, 6.45) is 4.33. The maximum atomic E-state index is 13.6. The Kier molecular flexibility index (Phi) is 10.2. The molecule has 1 aliphatic rings. The summed E-state index contributed by atoms with van der Waals surface area (Å²) < 4.78 is 5.18. The predicted octanol–water partition coefficient (Wildman–Crippen LogP) is 4.04. The van der Waals surface area contributed by atoms with Crippen molar-refractivity contribution in [3.8, 4) is 0 Å². The predicted molar refractivity (Wildman–Crippen MR) is 135 cm³/mol. The van der Waals surface area contributed by atoms with Crippen molar-refractivity contribution in [2.45, 2.75) is 58.0 Å². The largest absolute Gasteiger partial charge is 0.450 e. The molecule has 2 atom stereocenters. The standard InChI is InChI=1S/C27H39N3O4/c1-3-5-12-23-19-29(18-22(20-31)28-27(33)34-17-6-4-2)15-16-30(23)26(32)25-14-9-11-21-10-7-8-13-24(21)25/h7-11,13-14,22-23,31H,3-6,12,15-20H2,1-2H3,(H,28,33)/t22-,23?/m1/s1. The van der Waals surface area contributed by atoms with Gasteiger partial charge < -0.3 is 20.1 Å². The molecule has 0 aliphatic carbocycles. The van der Waals surface area contributed by atoms with Gasteiger partial charge in [-0.3, -0.25) is 9.69 Å². The molecule has 186 valence electrons. The Bertz CT molecular complexity index is 930. The third-order valence-corrected chi connectivity index (χ3v) is 6.49. The second kappa shape index (κ2) is 13.3. The van der Waals surface area contributed by atoms with Gasteiger partial charge in [0.15, 0.2) is 0 Å². The average Bonchev–Trinajstić information content (AvgIpc) is 2.86. The van der Waals surface area contributed by atoms with Gasteiger partial charge in [-0.25, -0.2) is 4.79 Å². The number of benzene rings is 2. The van der Waals surface area contributed by atoms with Crippen LogP contribution in [0.25, 0.3) is 10.8 Å². The first kappa shape index (κ1) is 26.0. The van der Waals surface area contributed by atoms with Gasteiger partial charge in [-0.1, -0.05) is 69.5 Å². The molecular formula is C27H39N3O4. The van der Waals surface area contributed by atoms with Gasteiger partial charge in [0.25, 0.3) is 5.91 Å². The van der Waals surface area contributed by atoms with Gasteiger partial charge in [-0.15, -0.1) is 0 Å². The number of fused-ring (bicyclic) bond motifs is 1. The SMILES string of the molecule is CCCCOC(=O)N[C@@H](CO)CN1CCN(C(=O)c2cccc3ccccc23)C(CCCC)C1. The Hall–Kier alpha value is -2.64. The highest BCUT2D eigenvalue weighted by atomic mass is 16.5. The van der Waals surface area contributed by atoms with Crippen LogP contribution in [0, 0.1) is 0 Å². The van der Waals surface area contributed by atoms with Crippen LogP contribution in [0.3, 0.4) is 0 Å². The lowest BCUT2D eigenvalue weighted by Gasteiger charge is -2.42. The van der Waals surface area contributed by atoms with Crippen molar-refractivity contribution in [2.75, 3.05) is 39.4 Å². The Morgan fingerprint density at radius 1 is 1.09 bits per heavy atom. The monoisotopic (exact) mass is 469 g/mol. The molecule has 3 rings (SSSR count). The zero-order valence-corrected chi connectivity index (χ0v) is 20.5. The van der Waals surface area contributed by atoms with Crippen LogP contribution in [0.1, 0.15) is 56.3 Å². The van der Waals surface area contributed by atoms with Gasteiger partial charge in [-0.05, 0) is 29.7 Å². The number of ether oxygens (including phenoxy) is 1. The third-order valence-electron chi connectivity index (χ3n) is 6.49. The van der Waals surface area contributed by atoms with E-state index in [1.165, 1.54) is 0 Å². The highest BCUT2D eigenvalue weighted by molar-refractivity contribution is 6.07. The van der Waals surface area contributed by atoms with E-state index in [2.05, 4.69) is 17.1 Å². The normalized spacial score (nSPS) is 17.5. The number of rotatable bonds is 11. The minimum Gasteiger partial charge on any atom is -0.450 e. The molecular weight excluding hydrogens is 430 g/mol. The molecule has 1 saturated heterocycles. The van der Waals surface area contributed by atoms with Crippen molar-refractivity contribution in [3.63, 3.8) is 0 Å². The van der Waals surface area contributed by atoms with Crippen LogP contribution in [0.2, 0.25) is 0 Å². The topological polar surface area (TPSA) is 82.1 Å². The number of piperazine rings is 1. The Labute approximate surface area is 203 Å².